The monoisotopic (exact) mass is 280 g/mol. The minimum absolute atomic E-state index is 0.0242. The number of rotatable bonds is 4. The van der Waals surface area contributed by atoms with Crippen LogP contribution in [0, 0.1) is 11.8 Å². The molecule has 0 aromatic carbocycles. The predicted molar refractivity (Wildman–Crippen MR) is 67.4 cm³/mol. The smallest absolute Gasteiger partial charge is 0.352 e. The van der Waals surface area contributed by atoms with Gasteiger partial charge in [0.1, 0.15) is 0 Å². The molecule has 2 unspecified atom stereocenters. The Morgan fingerprint density at radius 2 is 2.00 bits per heavy atom. The van der Waals surface area contributed by atoms with Gasteiger partial charge in [0.15, 0.2) is 0 Å². The first-order chi connectivity index (χ1) is 8.70. The molecule has 0 saturated heterocycles. The van der Waals surface area contributed by atoms with Gasteiger partial charge in [0.2, 0.25) is 5.91 Å². The third-order valence-corrected chi connectivity index (χ3v) is 3.55. The molecule has 3 nitrogen and oxygen atoms in total. The van der Waals surface area contributed by atoms with Crippen molar-refractivity contribution in [1.82, 2.24) is 5.32 Å². The van der Waals surface area contributed by atoms with Crippen molar-refractivity contribution in [3.8, 4) is 0 Å². The van der Waals surface area contributed by atoms with Crippen LogP contribution in [0.2, 0.25) is 0 Å². The van der Waals surface area contributed by atoms with Crippen LogP contribution in [0.4, 0.5) is 13.2 Å². The van der Waals surface area contributed by atoms with E-state index in [0.717, 1.165) is 0 Å². The number of hydrogen-bond donors (Lipinski definition) is 2. The summed E-state index contributed by atoms with van der Waals surface area (Å²) in [4.78, 5) is 11.8. The number of halogens is 3. The van der Waals surface area contributed by atoms with Gasteiger partial charge in [-0.1, -0.05) is 20.3 Å². The van der Waals surface area contributed by atoms with E-state index in [2.05, 4.69) is 5.32 Å². The van der Waals surface area contributed by atoms with Gasteiger partial charge in [0, 0.05) is 6.04 Å². The lowest BCUT2D eigenvalue weighted by Gasteiger charge is -2.31. The van der Waals surface area contributed by atoms with Gasteiger partial charge in [-0.15, -0.1) is 0 Å². The molecule has 19 heavy (non-hydrogen) atoms. The van der Waals surface area contributed by atoms with E-state index in [1.807, 2.05) is 13.8 Å². The van der Waals surface area contributed by atoms with Gasteiger partial charge >= 0.3 is 6.18 Å². The Kier molecular flexibility index (Phi) is 5.64. The zero-order valence-electron chi connectivity index (χ0n) is 11.5. The van der Waals surface area contributed by atoms with Crippen molar-refractivity contribution in [3.05, 3.63) is 0 Å². The first-order valence-corrected chi connectivity index (χ1v) is 6.82. The number of carbonyl (C=O) groups excluding carboxylic acids is 1. The van der Waals surface area contributed by atoms with Crippen LogP contribution in [-0.4, -0.2) is 24.2 Å². The van der Waals surface area contributed by atoms with Crippen LogP contribution in [-0.2, 0) is 4.79 Å². The summed E-state index contributed by atoms with van der Waals surface area (Å²) in [6.45, 7) is 3.90. The zero-order valence-corrected chi connectivity index (χ0v) is 11.5. The molecule has 3 atom stereocenters. The fourth-order valence-corrected chi connectivity index (χ4v) is 2.54. The topological polar surface area (TPSA) is 55.1 Å². The second-order valence-corrected chi connectivity index (χ2v) is 5.85. The van der Waals surface area contributed by atoms with Gasteiger partial charge in [-0.3, -0.25) is 4.79 Å². The third kappa shape index (κ3) is 5.38. The molecule has 0 radical (unpaired) electrons. The molecule has 1 fully saturated rings. The molecule has 1 amide bonds. The van der Waals surface area contributed by atoms with E-state index in [1.165, 1.54) is 0 Å². The van der Waals surface area contributed by atoms with E-state index < -0.39 is 24.2 Å². The lowest BCUT2D eigenvalue weighted by atomic mass is 9.85. The maximum absolute atomic E-state index is 12.6. The molecule has 1 rings (SSSR count). The molecule has 0 spiro atoms. The Balaban J connectivity index is 2.46. The second kappa shape index (κ2) is 6.59. The van der Waals surface area contributed by atoms with E-state index in [-0.39, 0.29) is 24.7 Å². The van der Waals surface area contributed by atoms with Crippen LogP contribution in [0.5, 0.6) is 0 Å². The van der Waals surface area contributed by atoms with Crippen molar-refractivity contribution in [2.24, 2.45) is 17.6 Å². The molecule has 1 saturated carbocycles. The molecule has 1 aliphatic carbocycles. The van der Waals surface area contributed by atoms with E-state index in [1.54, 1.807) is 0 Å². The largest absolute Gasteiger partial charge is 0.391 e. The molecular formula is C13H23F3N2O. The summed E-state index contributed by atoms with van der Waals surface area (Å²) in [5, 5.41) is 2.66. The Morgan fingerprint density at radius 1 is 1.37 bits per heavy atom. The van der Waals surface area contributed by atoms with Gasteiger partial charge in [0.05, 0.1) is 12.0 Å². The van der Waals surface area contributed by atoms with Gasteiger partial charge in [-0.25, -0.2) is 0 Å². The van der Waals surface area contributed by atoms with Gasteiger partial charge in [-0.2, -0.15) is 13.2 Å². The summed E-state index contributed by atoms with van der Waals surface area (Å²) >= 11 is 0. The maximum Gasteiger partial charge on any atom is 0.391 e. The molecule has 0 heterocycles. The lowest BCUT2D eigenvalue weighted by Crippen LogP contribution is -2.48. The predicted octanol–water partition coefficient (Wildman–Crippen LogP) is 2.60. The van der Waals surface area contributed by atoms with Crippen molar-refractivity contribution >= 4 is 5.91 Å². The summed E-state index contributed by atoms with van der Waals surface area (Å²) in [6, 6.07) is -1.03. The van der Waals surface area contributed by atoms with Crippen LogP contribution in [0.25, 0.3) is 0 Å². The summed E-state index contributed by atoms with van der Waals surface area (Å²) in [5.41, 5.74) is 5.72. The Morgan fingerprint density at radius 3 is 2.53 bits per heavy atom. The molecule has 0 aromatic rings. The van der Waals surface area contributed by atoms with Crippen LogP contribution in [0.1, 0.15) is 46.0 Å². The summed E-state index contributed by atoms with van der Waals surface area (Å²) < 4.78 is 37.9. The molecule has 3 N–H and O–H groups in total. The minimum atomic E-state index is -4.16. The van der Waals surface area contributed by atoms with E-state index in [9.17, 15) is 18.0 Å². The zero-order chi connectivity index (χ0) is 14.6. The molecule has 6 heteroatoms. The third-order valence-electron chi connectivity index (χ3n) is 3.55. The Hall–Kier alpha value is -0.780. The Bertz CT molecular complexity index is 305. The maximum atomic E-state index is 12.6. The fourth-order valence-electron chi connectivity index (χ4n) is 2.54. The second-order valence-electron chi connectivity index (χ2n) is 5.85. The molecule has 112 valence electrons. The Labute approximate surface area is 112 Å². The summed E-state index contributed by atoms with van der Waals surface area (Å²) in [5.74, 6) is -1.34. The molecule has 0 aliphatic heterocycles. The first kappa shape index (κ1) is 16.3. The SMILES string of the molecule is CC(C)C[C@H](N)C(=O)NC1CCCC(C(F)(F)F)C1. The highest BCUT2D eigenvalue weighted by Crippen LogP contribution is 2.37. The van der Waals surface area contributed by atoms with Crippen LogP contribution >= 0.6 is 0 Å². The summed E-state index contributed by atoms with van der Waals surface area (Å²) in [6.07, 6.45) is -2.39. The number of carbonyl (C=O) groups is 1. The van der Waals surface area contributed by atoms with Crippen molar-refractivity contribution < 1.29 is 18.0 Å². The number of nitrogens with two attached hydrogens (primary N) is 1. The standard InChI is InChI=1S/C13H23F3N2O/c1-8(2)6-11(17)12(19)18-10-5-3-4-9(7-10)13(14,15)16/h8-11H,3-7,17H2,1-2H3,(H,18,19)/t9?,10?,11-/m0/s1. The number of amides is 1. The molecular weight excluding hydrogens is 257 g/mol. The van der Waals surface area contributed by atoms with Crippen LogP contribution in [0.15, 0.2) is 0 Å². The highest BCUT2D eigenvalue weighted by atomic mass is 19.4. The van der Waals surface area contributed by atoms with Crippen LogP contribution < -0.4 is 11.1 Å². The van der Waals surface area contributed by atoms with Crippen molar-refractivity contribution in [2.75, 3.05) is 0 Å². The van der Waals surface area contributed by atoms with Gasteiger partial charge < -0.3 is 11.1 Å². The van der Waals surface area contributed by atoms with E-state index >= 15 is 0 Å². The van der Waals surface area contributed by atoms with E-state index in [0.29, 0.717) is 19.3 Å². The van der Waals surface area contributed by atoms with E-state index in [4.69, 9.17) is 5.73 Å². The first-order valence-electron chi connectivity index (χ1n) is 6.82. The highest BCUT2D eigenvalue weighted by molar-refractivity contribution is 5.81. The van der Waals surface area contributed by atoms with Crippen molar-refractivity contribution in [3.63, 3.8) is 0 Å². The normalized spacial score (nSPS) is 26.3. The molecule has 1 aliphatic rings. The van der Waals surface area contributed by atoms with Gasteiger partial charge in [-0.05, 0) is 31.6 Å². The number of hydrogen-bond acceptors (Lipinski definition) is 2. The lowest BCUT2D eigenvalue weighted by molar-refractivity contribution is -0.184. The average Bonchev–Trinajstić information content (AvgIpc) is 2.27. The fraction of sp³-hybridized carbons (Fsp3) is 0.923. The van der Waals surface area contributed by atoms with Crippen molar-refractivity contribution in [1.29, 1.82) is 0 Å². The highest BCUT2D eigenvalue weighted by Gasteiger charge is 2.42. The summed E-state index contributed by atoms with van der Waals surface area (Å²) in [7, 11) is 0. The quantitative estimate of drug-likeness (QED) is 0.831. The van der Waals surface area contributed by atoms with Gasteiger partial charge in [0.25, 0.3) is 0 Å². The average molecular weight is 280 g/mol. The number of nitrogens with one attached hydrogen (secondary N) is 1. The molecule has 0 bridgehead atoms. The number of alkyl halides is 3. The van der Waals surface area contributed by atoms with Crippen molar-refractivity contribution in [2.45, 2.75) is 64.2 Å². The van der Waals surface area contributed by atoms with Crippen LogP contribution in [0.3, 0.4) is 0 Å². The molecule has 0 aromatic heterocycles. The minimum Gasteiger partial charge on any atom is -0.352 e.